The fraction of sp³-hybridized carbons (Fsp3) is 0.375. The number of benzene rings is 1. The highest BCUT2D eigenvalue weighted by molar-refractivity contribution is 7.17. The van der Waals surface area contributed by atoms with Crippen molar-refractivity contribution in [3.05, 3.63) is 51.0 Å². The molecule has 0 bridgehead atoms. The number of fused-ring (bicyclic) bond motifs is 1. The van der Waals surface area contributed by atoms with Crippen LogP contribution in [0.2, 0.25) is 0 Å². The molecule has 3 aromatic rings. The molecule has 0 saturated carbocycles. The molecule has 174 valence electrons. The predicted molar refractivity (Wildman–Crippen MR) is 128 cm³/mol. The summed E-state index contributed by atoms with van der Waals surface area (Å²) < 4.78 is 5.03. The van der Waals surface area contributed by atoms with Crippen LogP contribution in [0.1, 0.15) is 55.3 Å². The second-order valence-electron chi connectivity index (χ2n) is 8.26. The summed E-state index contributed by atoms with van der Waals surface area (Å²) in [5, 5.41) is 23.8. The zero-order chi connectivity index (χ0) is 23.5. The SMILES string of the molecule is COCCNC(=O)c1c(NC(=O)c2cc(-c3cc(C)cc(C)c3O)n[nH]2)sc2c1CCCC2. The predicted octanol–water partition coefficient (Wildman–Crippen LogP) is 3.97. The third-order valence-corrected chi connectivity index (χ3v) is 6.97. The number of aryl methyl sites for hydroxylation is 3. The highest BCUT2D eigenvalue weighted by atomic mass is 32.1. The van der Waals surface area contributed by atoms with E-state index in [1.807, 2.05) is 26.0 Å². The van der Waals surface area contributed by atoms with Crippen LogP contribution < -0.4 is 10.6 Å². The number of aromatic hydroxyl groups is 1. The van der Waals surface area contributed by atoms with Crippen LogP contribution in [0.4, 0.5) is 5.00 Å². The van der Waals surface area contributed by atoms with Crippen LogP contribution in [0.3, 0.4) is 0 Å². The second kappa shape index (κ2) is 9.76. The number of amides is 2. The summed E-state index contributed by atoms with van der Waals surface area (Å²) >= 11 is 1.46. The molecule has 0 saturated heterocycles. The smallest absolute Gasteiger partial charge is 0.274 e. The van der Waals surface area contributed by atoms with Gasteiger partial charge in [0, 0.05) is 24.1 Å². The van der Waals surface area contributed by atoms with E-state index in [0.717, 1.165) is 47.3 Å². The van der Waals surface area contributed by atoms with Crippen molar-refractivity contribution in [1.29, 1.82) is 0 Å². The van der Waals surface area contributed by atoms with E-state index >= 15 is 0 Å². The fourth-order valence-corrected chi connectivity index (χ4v) is 5.43. The Labute approximate surface area is 196 Å². The van der Waals surface area contributed by atoms with Crippen molar-refractivity contribution in [2.75, 3.05) is 25.6 Å². The Balaban J connectivity index is 1.59. The van der Waals surface area contributed by atoms with Gasteiger partial charge in [0.2, 0.25) is 0 Å². The number of aromatic amines is 1. The normalized spacial score (nSPS) is 12.9. The number of H-pyrrole nitrogens is 1. The molecule has 0 unspecified atom stereocenters. The lowest BCUT2D eigenvalue weighted by Gasteiger charge is -2.13. The van der Waals surface area contributed by atoms with Crippen molar-refractivity contribution in [1.82, 2.24) is 15.5 Å². The zero-order valence-corrected chi connectivity index (χ0v) is 19.8. The topological polar surface area (TPSA) is 116 Å². The average molecular weight is 469 g/mol. The molecule has 1 aromatic carbocycles. The molecule has 0 atom stereocenters. The molecule has 4 rings (SSSR count). The number of ether oxygens (including phenoxy) is 1. The lowest BCUT2D eigenvalue weighted by atomic mass is 9.95. The Morgan fingerprint density at radius 1 is 1.18 bits per heavy atom. The Kier molecular flexibility index (Phi) is 6.80. The summed E-state index contributed by atoms with van der Waals surface area (Å²) in [5.41, 5.74) is 4.60. The number of phenolic OH excluding ortho intramolecular Hbond substituents is 1. The summed E-state index contributed by atoms with van der Waals surface area (Å²) in [6.45, 7) is 4.58. The van der Waals surface area contributed by atoms with Crippen molar-refractivity contribution in [3.63, 3.8) is 0 Å². The van der Waals surface area contributed by atoms with Gasteiger partial charge in [0.15, 0.2) is 0 Å². The lowest BCUT2D eigenvalue weighted by molar-refractivity contribution is 0.0937. The molecule has 8 nitrogen and oxygen atoms in total. The molecule has 2 heterocycles. The number of rotatable bonds is 7. The molecule has 2 aromatic heterocycles. The van der Waals surface area contributed by atoms with Gasteiger partial charge >= 0.3 is 0 Å². The molecule has 1 aliphatic carbocycles. The molecule has 0 aliphatic heterocycles. The van der Waals surface area contributed by atoms with Gasteiger partial charge in [-0.3, -0.25) is 14.7 Å². The fourth-order valence-electron chi connectivity index (χ4n) is 4.15. The quantitative estimate of drug-likeness (QED) is 0.392. The number of carbonyl (C=O) groups is 2. The van der Waals surface area contributed by atoms with E-state index in [2.05, 4.69) is 20.8 Å². The second-order valence-corrected chi connectivity index (χ2v) is 9.37. The van der Waals surface area contributed by atoms with Crippen molar-refractivity contribution in [2.45, 2.75) is 39.5 Å². The van der Waals surface area contributed by atoms with Gasteiger partial charge in [-0.1, -0.05) is 6.07 Å². The van der Waals surface area contributed by atoms with Crippen molar-refractivity contribution in [3.8, 4) is 17.0 Å². The molecule has 0 radical (unpaired) electrons. The number of anilines is 1. The Morgan fingerprint density at radius 3 is 2.76 bits per heavy atom. The minimum Gasteiger partial charge on any atom is -0.507 e. The van der Waals surface area contributed by atoms with Gasteiger partial charge in [-0.2, -0.15) is 5.10 Å². The monoisotopic (exact) mass is 468 g/mol. The molecular formula is C24H28N4O4S. The summed E-state index contributed by atoms with van der Waals surface area (Å²) in [5.74, 6) is -0.450. The largest absolute Gasteiger partial charge is 0.507 e. The molecule has 9 heteroatoms. The maximum absolute atomic E-state index is 13.0. The molecule has 33 heavy (non-hydrogen) atoms. The van der Waals surface area contributed by atoms with E-state index in [9.17, 15) is 14.7 Å². The Bertz CT molecular complexity index is 1200. The number of nitrogens with zero attached hydrogens (tertiary/aromatic N) is 1. The van der Waals surface area contributed by atoms with Crippen molar-refractivity contribution >= 4 is 28.2 Å². The van der Waals surface area contributed by atoms with Gasteiger partial charge in [-0.15, -0.1) is 11.3 Å². The summed E-state index contributed by atoms with van der Waals surface area (Å²) in [6.07, 6.45) is 3.84. The van der Waals surface area contributed by atoms with Crippen LogP contribution in [0.25, 0.3) is 11.3 Å². The van der Waals surface area contributed by atoms with E-state index in [4.69, 9.17) is 4.74 Å². The molecule has 0 spiro atoms. The molecular weight excluding hydrogens is 440 g/mol. The van der Waals surface area contributed by atoms with E-state index in [0.29, 0.717) is 35.0 Å². The van der Waals surface area contributed by atoms with E-state index in [1.54, 1.807) is 13.2 Å². The van der Waals surface area contributed by atoms with Crippen LogP contribution in [0.15, 0.2) is 18.2 Å². The summed E-state index contributed by atoms with van der Waals surface area (Å²) in [7, 11) is 1.58. The van der Waals surface area contributed by atoms with E-state index in [1.165, 1.54) is 11.3 Å². The van der Waals surface area contributed by atoms with Crippen LogP contribution in [0.5, 0.6) is 5.75 Å². The van der Waals surface area contributed by atoms with Crippen LogP contribution in [-0.2, 0) is 17.6 Å². The Morgan fingerprint density at radius 2 is 1.97 bits per heavy atom. The third kappa shape index (κ3) is 4.79. The van der Waals surface area contributed by atoms with Gasteiger partial charge in [0.1, 0.15) is 16.4 Å². The van der Waals surface area contributed by atoms with Gasteiger partial charge in [-0.05, 0) is 68.4 Å². The number of hydrogen-bond donors (Lipinski definition) is 4. The number of thiophene rings is 1. The highest BCUT2D eigenvalue weighted by Crippen LogP contribution is 2.38. The number of aromatic nitrogens is 2. The van der Waals surface area contributed by atoms with Crippen LogP contribution in [-0.4, -0.2) is 47.4 Å². The zero-order valence-electron chi connectivity index (χ0n) is 19.0. The number of nitrogens with one attached hydrogen (secondary N) is 3. The van der Waals surface area contributed by atoms with Crippen LogP contribution in [0, 0.1) is 13.8 Å². The van der Waals surface area contributed by atoms with Gasteiger partial charge in [-0.25, -0.2) is 0 Å². The number of methoxy groups -OCH3 is 1. The molecule has 4 N–H and O–H groups in total. The standard InChI is InChI=1S/C24H28N4O4S/c1-13-10-14(2)21(29)16(11-13)17-12-18(28-27-17)22(30)26-24-20(23(31)25-8-9-32-3)15-6-4-5-7-19(15)33-24/h10-12,29H,4-9H2,1-3H3,(H,25,31)(H,26,30)(H,27,28). The van der Waals surface area contributed by atoms with Gasteiger partial charge in [0.25, 0.3) is 11.8 Å². The number of phenols is 1. The lowest BCUT2D eigenvalue weighted by Crippen LogP contribution is -2.28. The van der Waals surface area contributed by atoms with Crippen LogP contribution >= 0.6 is 11.3 Å². The first-order valence-corrected chi connectivity index (χ1v) is 11.8. The first-order valence-electron chi connectivity index (χ1n) is 11.0. The first-order chi connectivity index (χ1) is 15.9. The third-order valence-electron chi connectivity index (χ3n) is 5.76. The maximum atomic E-state index is 13.0. The number of carbonyl (C=O) groups excluding carboxylic acids is 2. The van der Waals surface area contributed by atoms with Crippen molar-refractivity contribution < 1.29 is 19.4 Å². The average Bonchev–Trinajstić information content (AvgIpc) is 3.41. The van der Waals surface area contributed by atoms with Gasteiger partial charge < -0.3 is 20.5 Å². The first kappa shape index (κ1) is 23.0. The van der Waals surface area contributed by atoms with E-state index in [-0.39, 0.29) is 23.3 Å². The minimum absolute atomic E-state index is 0.139. The summed E-state index contributed by atoms with van der Waals surface area (Å²) in [4.78, 5) is 27.1. The maximum Gasteiger partial charge on any atom is 0.274 e. The number of hydrogen-bond acceptors (Lipinski definition) is 6. The minimum atomic E-state index is -0.387. The highest BCUT2D eigenvalue weighted by Gasteiger charge is 2.27. The van der Waals surface area contributed by atoms with Gasteiger partial charge in [0.05, 0.1) is 17.9 Å². The molecule has 0 fully saturated rings. The van der Waals surface area contributed by atoms with Crippen molar-refractivity contribution in [2.24, 2.45) is 0 Å². The summed E-state index contributed by atoms with van der Waals surface area (Å²) in [6, 6.07) is 5.32. The van der Waals surface area contributed by atoms with E-state index < -0.39 is 0 Å². The Hall–Kier alpha value is -3.17. The molecule has 1 aliphatic rings. The molecule has 2 amide bonds.